The van der Waals surface area contributed by atoms with Crippen LogP contribution in [0.1, 0.15) is 58.9 Å². The molecule has 142 valence electrons. The van der Waals surface area contributed by atoms with Crippen LogP contribution in [0.15, 0.2) is 30.3 Å². The van der Waals surface area contributed by atoms with Gasteiger partial charge in [-0.25, -0.2) is 4.79 Å². The van der Waals surface area contributed by atoms with Gasteiger partial charge in [0, 0.05) is 37.8 Å². The Morgan fingerprint density at radius 1 is 1.19 bits per heavy atom. The van der Waals surface area contributed by atoms with Crippen molar-refractivity contribution in [3.05, 3.63) is 52.8 Å². The summed E-state index contributed by atoms with van der Waals surface area (Å²) in [5, 5.41) is 13.6. The number of rotatable bonds is 4. The molecule has 6 nitrogen and oxygen atoms in total. The summed E-state index contributed by atoms with van der Waals surface area (Å²) in [4.78, 5) is 26.9. The van der Waals surface area contributed by atoms with Crippen LogP contribution in [-0.2, 0) is 24.8 Å². The molecule has 0 radical (unpaired) electrons. The second-order valence-corrected chi connectivity index (χ2v) is 7.65. The Labute approximate surface area is 158 Å². The van der Waals surface area contributed by atoms with Crippen LogP contribution >= 0.6 is 0 Å². The molecule has 6 heteroatoms. The highest BCUT2D eigenvalue weighted by atomic mass is 16.4. The summed E-state index contributed by atoms with van der Waals surface area (Å²) >= 11 is 0. The smallest absolute Gasteiger partial charge is 0.356 e. The lowest BCUT2D eigenvalue weighted by Gasteiger charge is -2.33. The normalized spacial score (nSPS) is 18.3. The van der Waals surface area contributed by atoms with Crippen LogP contribution in [0.3, 0.4) is 0 Å². The number of fused-ring (bicyclic) bond motifs is 1. The fourth-order valence-electron chi connectivity index (χ4n) is 4.72. The molecule has 1 fully saturated rings. The number of carboxylic acids is 1. The average Bonchev–Trinajstić information content (AvgIpc) is 3.31. The summed E-state index contributed by atoms with van der Waals surface area (Å²) in [6.07, 6.45) is 5.16. The summed E-state index contributed by atoms with van der Waals surface area (Å²) in [6.45, 7) is 0.945. The summed E-state index contributed by atoms with van der Waals surface area (Å²) in [5.41, 5.74) is 2.75. The Balaban J connectivity index is 1.64. The highest BCUT2D eigenvalue weighted by Crippen LogP contribution is 2.39. The van der Waals surface area contributed by atoms with Gasteiger partial charge < -0.3 is 10.0 Å². The van der Waals surface area contributed by atoms with Gasteiger partial charge in [0.2, 0.25) is 5.91 Å². The first-order valence-corrected chi connectivity index (χ1v) is 9.68. The van der Waals surface area contributed by atoms with Crippen LogP contribution in [-0.4, -0.2) is 38.2 Å². The lowest BCUT2D eigenvalue weighted by Crippen LogP contribution is -2.41. The van der Waals surface area contributed by atoms with Crippen molar-refractivity contribution in [1.29, 1.82) is 0 Å². The molecule has 2 aliphatic rings. The van der Waals surface area contributed by atoms with Gasteiger partial charge in [0.05, 0.1) is 5.92 Å². The second-order valence-electron chi connectivity index (χ2n) is 7.65. The van der Waals surface area contributed by atoms with Crippen molar-refractivity contribution in [1.82, 2.24) is 14.7 Å². The predicted octanol–water partition coefficient (Wildman–Crippen LogP) is 2.98. The van der Waals surface area contributed by atoms with E-state index in [1.807, 2.05) is 35.2 Å². The van der Waals surface area contributed by atoms with Gasteiger partial charge in [0.25, 0.3) is 0 Å². The lowest BCUT2D eigenvalue weighted by atomic mass is 9.83. The largest absolute Gasteiger partial charge is 0.476 e. The van der Waals surface area contributed by atoms with E-state index in [0.29, 0.717) is 31.0 Å². The van der Waals surface area contributed by atoms with E-state index in [-0.39, 0.29) is 17.5 Å². The van der Waals surface area contributed by atoms with E-state index in [1.165, 1.54) is 12.8 Å². The molecular formula is C21H25N3O3. The zero-order chi connectivity index (χ0) is 19.0. The monoisotopic (exact) mass is 367 g/mol. The maximum atomic E-state index is 13.5. The van der Waals surface area contributed by atoms with Gasteiger partial charge in [-0.05, 0) is 24.3 Å². The molecule has 0 bridgehead atoms. The number of hydrogen-bond donors (Lipinski definition) is 1. The summed E-state index contributed by atoms with van der Waals surface area (Å²) in [7, 11) is 1.77. The number of carbonyl (C=O) groups is 2. The summed E-state index contributed by atoms with van der Waals surface area (Å²) < 4.78 is 1.65. The zero-order valence-corrected chi connectivity index (χ0v) is 15.6. The minimum atomic E-state index is -1.03. The molecule has 1 aromatic carbocycles. The van der Waals surface area contributed by atoms with Crippen LogP contribution in [0.2, 0.25) is 0 Å². The first-order valence-electron chi connectivity index (χ1n) is 9.68. The number of aryl methyl sites for hydroxylation is 1. The van der Waals surface area contributed by atoms with Crippen LogP contribution < -0.4 is 0 Å². The van der Waals surface area contributed by atoms with Crippen molar-refractivity contribution in [3.8, 4) is 0 Å². The molecule has 2 aromatic rings. The number of amides is 1. The first kappa shape index (κ1) is 17.8. The van der Waals surface area contributed by atoms with E-state index in [0.717, 1.165) is 24.1 Å². The van der Waals surface area contributed by atoms with E-state index in [2.05, 4.69) is 5.10 Å². The number of carboxylic acid groups (broad SMARTS) is 1. The first-order chi connectivity index (χ1) is 13.1. The minimum Gasteiger partial charge on any atom is -0.476 e. The van der Waals surface area contributed by atoms with Crippen molar-refractivity contribution in [2.75, 3.05) is 6.54 Å². The average molecular weight is 367 g/mol. The molecule has 1 saturated carbocycles. The van der Waals surface area contributed by atoms with Gasteiger partial charge in [0.1, 0.15) is 0 Å². The SMILES string of the molecule is Cn1nc(C(=O)O)c2c1CCN(C(=O)[C@@H](c1ccccc1)C1CCCC1)C2. The summed E-state index contributed by atoms with van der Waals surface area (Å²) in [6, 6.07) is 10.0. The van der Waals surface area contributed by atoms with E-state index < -0.39 is 5.97 Å². The molecule has 1 aliphatic heterocycles. The second kappa shape index (κ2) is 7.18. The van der Waals surface area contributed by atoms with Gasteiger partial charge in [-0.2, -0.15) is 5.10 Å². The van der Waals surface area contributed by atoms with E-state index in [1.54, 1.807) is 11.7 Å². The van der Waals surface area contributed by atoms with Gasteiger partial charge in [-0.3, -0.25) is 9.48 Å². The third-order valence-electron chi connectivity index (χ3n) is 6.05. The summed E-state index contributed by atoms with van der Waals surface area (Å²) in [5.74, 6) is -0.676. The van der Waals surface area contributed by atoms with Crippen LogP contribution in [0.5, 0.6) is 0 Å². The van der Waals surface area contributed by atoms with E-state index in [4.69, 9.17) is 0 Å². The van der Waals surface area contributed by atoms with E-state index in [9.17, 15) is 14.7 Å². The van der Waals surface area contributed by atoms with Crippen molar-refractivity contribution < 1.29 is 14.7 Å². The molecule has 4 rings (SSSR count). The Hall–Kier alpha value is -2.63. The number of hydrogen-bond acceptors (Lipinski definition) is 3. The van der Waals surface area contributed by atoms with Crippen LogP contribution in [0.4, 0.5) is 0 Å². The van der Waals surface area contributed by atoms with Crippen LogP contribution in [0.25, 0.3) is 0 Å². The predicted molar refractivity (Wildman–Crippen MR) is 100 cm³/mol. The lowest BCUT2D eigenvalue weighted by molar-refractivity contribution is -0.135. The third kappa shape index (κ3) is 3.24. The number of carbonyl (C=O) groups excluding carboxylic acids is 1. The van der Waals surface area contributed by atoms with Gasteiger partial charge >= 0.3 is 5.97 Å². The fraction of sp³-hybridized carbons (Fsp3) is 0.476. The third-order valence-corrected chi connectivity index (χ3v) is 6.05. The maximum Gasteiger partial charge on any atom is 0.356 e. The number of nitrogens with zero attached hydrogens (tertiary/aromatic N) is 3. The molecule has 27 heavy (non-hydrogen) atoms. The molecule has 0 unspecified atom stereocenters. The standard InChI is InChI=1S/C21H25N3O3/c1-23-17-11-12-24(13-16(17)19(22-23)21(26)27)20(25)18(15-9-5-6-10-15)14-7-3-2-4-8-14/h2-4,7-8,15,18H,5-6,9-13H2,1H3,(H,26,27)/t18-/m0/s1. The molecule has 1 aliphatic carbocycles. The zero-order valence-electron chi connectivity index (χ0n) is 15.6. The molecule has 1 atom stereocenters. The number of aromatic carboxylic acids is 1. The minimum absolute atomic E-state index is 0.0714. The number of benzene rings is 1. The fourth-order valence-corrected chi connectivity index (χ4v) is 4.72. The van der Waals surface area contributed by atoms with Crippen molar-refractivity contribution in [3.63, 3.8) is 0 Å². The molecule has 1 N–H and O–H groups in total. The van der Waals surface area contributed by atoms with Crippen molar-refractivity contribution in [2.45, 2.75) is 44.6 Å². The maximum absolute atomic E-state index is 13.5. The van der Waals surface area contributed by atoms with Gasteiger partial charge in [-0.15, -0.1) is 0 Å². The molecule has 1 aromatic heterocycles. The van der Waals surface area contributed by atoms with Crippen molar-refractivity contribution in [2.24, 2.45) is 13.0 Å². The highest BCUT2D eigenvalue weighted by molar-refractivity contribution is 5.88. The Morgan fingerprint density at radius 3 is 2.56 bits per heavy atom. The van der Waals surface area contributed by atoms with Gasteiger partial charge in [-0.1, -0.05) is 43.2 Å². The molecule has 0 spiro atoms. The Kier molecular flexibility index (Phi) is 4.72. The number of aromatic nitrogens is 2. The van der Waals surface area contributed by atoms with Crippen molar-refractivity contribution >= 4 is 11.9 Å². The van der Waals surface area contributed by atoms with E-state index >= 15 is 0 Å². The molecule has 2 heterocycles. The Bertz CT molecular complexity index is 853. The van der Waals surface area contributed by atoms with Crippen LogP contribution in [0, 0.1) is 5.92 Å². The highest BCUT2D eigenvalue weighted by Gasteiger charge is 2.37. The molecule has 0 saturated heterocycles. The van der Waals surface area contributed by atoms with Gasteiger partial charge in [0.15, 0.2) is 5.69 Å². The Morgan fingerprint density at radius 2 is 1.89 bits per heavy atom. The molecule has 1 amide bonds. The quantitative estimate of drug-likeness (QED) is 0.901. The topological polar surface area (TPSA) is 75.4 Å². The molecular weight excluding hydrogens is 342 g/mol.